The summed E-state index contributed by atoms with van der Waals surface area (Å²) < 4.78 is 5.00. The van der Waals surface area contributed by atoms with E-state index in [1.165, 1.54) is 27.0 Å². The minimum Gasteiger partial charge on any atom is -0.497 e. The fourth-order valence-electron chi connectivity index (χ4n) is 1.59. The Morgan fingerprint density at radius 1 is 1.21 bits per heavy atom. The molecule has 102 valence electrons. The zero-order valence-electron chi connectivity index (χ0n) is 10.8. The van der Waals surface area contributed by atoms with Crippen LogP contribution < -0.4 is 10.1 Å². The highest BCUT2D eigenvalue weighted by atomic mass is 35.5. The fraction of sp³-hybridized carbons (Fsp3) is 0.308. The number of halogens is 1. The molecular weight excluding hydrogens is 270 g/mol. The Morgan fingerprint density at radius 2 is 1.79 bits per heavy atom. The number of benzene rings is 1. The lowest BCUT2D eigenvalue weighted by atomic mass is 10.00. The number of methoxy groups -OCH3 is 1. The van der Waals surface area contributed by atoms with Gasteiger partial charge in [0.2, 0.25) is 5.91 Å². The van der Waals surface area contributed by atoms with E-state index >= 15 is 0 Å². The first-order valence-electron chi connectivity index (χ1n) is 5.52. The highest BCUT2D eigenvalue weighted by molar-refractivity contribution is 6.34. The molecule has 0 saturated carbocycles. The smallest absolute Gasteiger partial charge is 0.242 e. The van der Waals surface area contributed by atoms with E-state index in [1.54, 1.807) is 12.1 Å². The Balaban J connectivity index is 2.98. The lowest BCUT2D eigenvalue weighted by Crippen LogP contribution is -2.33. The van der Waals surface area contributed by atoms with Gasteiger partial charge in [0.05, 0.1) is 17.8 Å². The van der Waals surface area contributed by atoms with Gasteiger partial charge in [0.25, 0.3) is 0 Å². The molecule has 5 nitrogen and oxygen atoms in total. The molecule has 0 radical (unpaired) electrons. The average molecular weight is 284 g/mol. The number of nitrogens with one attached hydrogen (secondary N) is 1. The third kappa shape index (κ3) is 3.79. The number of hydrogen-bond acceptors (Lipinski definition) is 4. The molecule has 6 heteroatoms. The van der Waals surface area contributed by atoms with Gasteiger partial charge in [-0.1, -0.05) is 11.6 Å². The maximum Gasteiger partial charge on any atom is 0.242 e. The second-order valence-electron chi connectivity index (χ2n) is 3.99. The predicted octanol–water partition coefficient (Wildman–Crippen LogP) is 2.08. The van der Waals surface area contributed by atoms with Crippen LogP contribution in [0.1, 0.15) is 13.8 Å². The van der Waals surface area contributed by atoms with E-state index in [2.05, 4.69) is 5.32 Å². The first-order chi connectivity index (χ1) is 8.86. The zero-order chi connectivity index (χ0) is 14.6. The number of ether oxygens (including phenoxy) is 1. The Labute approximate surface area is 115 Å². The Morgan fingerprint density at radius 3 is 2.26 bits per heavy atom. The summed E-state index contributed by atoms with van der Waals surface area (Å²) in [7, 11) is 1.47. The van der Waals surface area contributed by atoms with Gasteiger partial charge in [-0.3, -0.25) is 14.4 Å². The maximum atomic E-state index is 11.9. The van der Waals surface area contributed by atoms with Crippen molar-refractivity contribution < 1.29 is 19.1 Å². The molecular formula is C13H14ClNO4. The standard InChI is InChI=1S/C13H14ClNO4/c1-7(16)12(8(2)17)13(18)15-11-6-9(19-3)4-5-10(11)14/h4-6,12H,1-3H3,(H,15,18). The lowest BCUT2D eigenvalue weighted by Gasteiger charge is -2.13. The average Bonchev–Trinajstić information content (AvgIpc) is 2.30. The third-order valence-electron chi connectivity index (χ3n) is 2.51. The summed E-state index contributed by atoms with van der Waals surface area (Å²) in [4.78, 5) is 34.5. The summed E-state index contributed by atoms with van der Waals surface area (Å²) in [6, 6.07) is 4.69. The van der Waals surface area contributed by atoms with Gasteiger partial charge in [-0.15, -0.1) is 0 Å². The van der Waals surface area contributed by atoms with Crippen LogP contribution in [0.3, 0.4) is 0 Å². The van der Waals surface area contributed by atoms with Gasteiger partial charge in [-0.05, 0) is 26.0 Å². The van der Waals surface area contributed by atoms with Crippen molar-refractivity contribution in [1.82, 2.24) is 0 Å². The molecule has 19 heavy (non-hydrogen) atoms. The van der Waals surface area contributed by atoms with Crippen molar-refractivity contribution in [3.05, 3.63) is 23.2 Å². The third-order valence-corrected chi connectivity index (χ3v) is 2.84. The zero-order valence-corrected chi connectivity index (χ0v) is 11.6. The number of amides is 1. The monoisotopic (exact) mass is 283 g/mol. The van der Waals surface area contributed by atoms with E-state index in [0.717, 1.165) is 0 Å². The van der Waals surface area contributed by atoms with Crippen LogP contribution in [-0.4, -0.2) is 24.6 Å². The predicted molar refractivity (Wildman–Crippen MR) is 71.5 cm³/mol. The van der Waals surface area contributed by atoms with Crippen LogP contribution in [0, 0.1) is 5.92 Å². The van der Waals surface area contributed by atoms with Crippen LogP contribution in [0.15, 0.2) is 18.2 Å². The van der Waals surface area contributed by atoms with Gasteiger partial charge in [0.15, 0.2) is 5.92 Å². The summed E-state index contributed by atoms with van der Waals surface area (Å²) in [6.07, 6.45) is 0. The highest BCUT2D eigenvalue weighted by Gasteiger charge is 2.28. The molecule has 0 aliphatic rings. The van der Waals surface area contributed by atoms with Crippen LogP contribution in [0.25, 0.3) is 0 Å². The number of anilines is 1. The summed E-state index contributed by atoms with van der Waals surface area (Å²) in [5, 5.41) is 2.75. The minimum absolute atomic E-state index is 0.290. The van der Waals surface area contributed by atoms with Crippen molar-refractivity contribution in [2.45, 2.75) is 13.8 Å². The molecule has 0 spiro atoms. The largest absolute Gasteiger partial charge is 0.497 e. The van der Waals surface area contributed by atoms with Crippen molar-refractivity contribution in [2.24, 2.45) is 5.92 Å². The molecule has 1 aromatic carbocycles. The number of Topliss-reactive ketones (excluding diaryl/α,β-unsaturated/α-hetero) is 2. The highest BCUT2D eigenvalue weighted by Crippen LogP contribution is 2.27. The van der Waals surface area contributed by atoms with Gasteiger partial charge in [-0.25, -0.2) is 0 Å². The Bertz CT molecular complexity index is 513. The summed E-state index contributed by atoms with van der Waals surface area (Å²) in [5.74, 6) is -2.53. The summed E-state index contributed by atoms with van der Waals surface area (Å²) in [6.45, 7) is 2.39. The second-order valence-corrected chi connectivity index (χ2v) is 4.40. The van der Waals surface area contributed by atoms with E-state index in [9.17, 15) is 14.4 Å². The van der Waals surface area contributed by atoms with Gasteiger partial charge >= 0.3 is 0 Å². The van der Waals surface area contributed by atoms with E-state index < -0.39 is 23.4 Å². The fourth-order valence-corrected chi connectivity index (χ4v) is 1.75. The van der Waals surface area contributed by atoms with Crippen LogP contribution in [0.2, 0.25) is 5.02 Å². The van der Waals surface area contributed by atoms with Gasteiger partial charge in [-0.2, -0.15) is 0 Å². The minimum atomic E-state index is -1.32. The van der Waals surface area contributed by atoms with Crippen molar-refractivity contribution in [2.75, 3.05) is 12.4 Å². The normalized spacial score (nSPS) is 10.2. The van der Waals surface area contributed by atoms with Crippen LogP contribution in [0.4, 0.5) is 5.69 Å². The first kappa shape index (κ1) is 15.2. The number of ketones is 2. The number of rotatable bonds is 5. The molecule has 1 N–H and O–H groups in total. The van der Waals surface area contributed by atoms with Crippen LogP contribution in [0.5, 0.6) is 5.75 Å². The lowest BCUT2D eigenvalue weighted by molar-refractivity contribution is -0.136. The van der Waals surface area contributed by atoms with Gasteiger partial charge in [0, 0.05) is 6.07 Å². The molecule has 0 unspecified atom stereocenters. The Hall–Kier alpha value is -1.88. The topological polar surface area (TPSA) is 72.5 Å². The molecule has 0 atom stereocenters. The first-order valence-corrected chi connectivity index (χ1v) is 5.90. The molecule has 0 bridgehead atoms. The van der Waals surface area contributed by atoms with Crippen LogP contribution in [-0.2, 0) is 14.4 Å². The van der Waals surface area contributed by atoms with Gasteiger partial charge in [0.1, 0.15) is 17.3 Å². The SMILES string of the molecule is COc1ccc(Cl)c(NC(=O)C(C(C)=O)C(C)=O)c1. The molecule has 1 aromatic rings. The molecule has 0 fully saturated rings. The van der Waals surface area contributed by atoms with E-state index in [0.29, 0.717) is 16.5 Å². The van der Waals surface area contributed by atoms with E-state index in [-0.39, 0.29) is 0 Å². The number of hydrogen-bond donors (Lipinski definition) is 1. The number of carbonyl (C=O) groups is 3. The second kappa shape index (κ2) is 6.33. The number of carbonyl (C=O) groups excluding carboxylic acids is 3. The van der Waals surface area contributed by atoms with Crippen molar-refractivity contribution in [1.29, 1.82) is 0 Å². The maximum absolute atomic E-state index is 11.9. The van der Waals surface area contributed by atoms with Crippen molar-refractivity contribution in [3.8, 4) is 5.75 Å². The summed E-state index contributed by atoms with van der Waals surface area (Å²) >= 11 is 5.92. The van der Waals surface area contributed by atoms with E-state index in [1.807, 2.05) is 0 Å². The molecule has 0 aromatic heterocycles. The van der Waals surface area contributed by atoms with E-state index in [4.69, 9.17) is 16.3 Å². The molecule has 0 heterocycles. The van der Waals surface area contributed by atoms with Gasteiger partial charge < -0.3 is 10.1 Å². The molecule has 0 aliphatic heterocycles. The Kier molecular flexibility index (Phi) is 5.06. The van der Waals surface area contributed by atoms with Crippen LogP contribution >= 0.6 is 11.6 Å². The molecule has 1 rings (SSSR count). The molecule has 0 aliphatic carbocycles. The summed E-state index contributed by atoms with van der Waals surface area (Å²) in [5.41, 5.74) is 0.290. The van der Waals surface area contributed by atoms with Crippen molar-refractivity contribution in [3.63, 3.8) is 0 Å². The molecule has 0 saturated heterocycles. The molecule has 1 amide bonds. The quantitative estimate of drug-likeness (QED) is 0.840. The van der Waals surface area contributed by atoms with Crippen molar-refractivity contribution >= 4 is 34.8 Å².